The Morgan fingerprint density at radius 2 is 2.43 bits per heavy atom. The highest BCUT2D eigenvalue weighted by Crippen LogP contribution is 2.29. The van der Waals surface area contributed by atoms with Gasteiger partial charge in [-0.05, 0) is 49.3 Å². The number of amides is 1. The summed E-state index contributed by atoms with van der Waals surface area (Å²) in [6.45, 7) is 3.32. The molecule has 0 saturated carbocycles. The Balaban J connectivity index is 1.56. The van der Waals surface area contributed by atoms with Gasteiger partial charge in [0.05, 0.1) is 5.92 Å². The van der Waals surface area contributed by atoms with Gasteiger partial charge in [0, 0.05) is 18.1 Å². The highest BCUT2D eigenvalue weighted by atomic mass is 35.5. The number of aryl methyl sites for hydroxylation is 1. The second kappa shape index (κ2) is 6.72. The molecule has 8 heteroatoms. The predicted octanol–water partition coefficient (Wildman–Crippen LogP) is 2.27. The molecule has 3 rings (SSSR count). The lowest BCUT2D eigenvalue weighted by Crippen LogP contribution is -2.38. The van der Waals surface area contributed by atoms with Crippen molar-refractivity contribution in [2.75, 3.05) is 13.2 Å². The molecule has 1 aromatic carbocycles. The van der Waals surface area contributed by atoms with Gasteiger partial charge in [-0.3, -0.25) is 9.89 Å². The molecule has 0 bridgehead atoms. The Morgan fingerprint density at radius 1 is 1.61 bits per heavy atom. The minimum absolute atomic E-state index is 0.0247. The fourth-order valence-electron chi connectivity index (χ4n) is 2.63. The Labute approximate surface area is 143 Å². The van der Waals surface area contributed by atoms with Crippen molar-refractivity contribution in [3.8, 4) is 5.75 Å². The van der Waals surface area contributed by atoms with E-state index >= 15 is 0 Å². The summed E-state index contributed by atoms with van der Waals surface area (Å²) in [7, 11) is 0. The number of carbonyl (C=O) groups is 1. The summed E-state index contributed by atoms with van der Waals surface area (Å²) in [5, 5.41) is 10.3. The van der Waals surface area contributed by atoms with Crippen molar-refractivity contribution in [1.29, 1.82) is 0 Å². The minimum atomic E-state index is -0.209. The third-order valence-electron chi connectivity index (χ3n) is 3.88. The highest BCUT2D eigenvalue weighted by molar-refractivity contribution is 7.71. The molecule has 0 radical (unpaired) electrons. The van der Waals surface area contributed by atoms with E-state index in [-0.39, 0.29) is 11.8 Å². The maximum Gasteiger partial charge on any atom is 0.226 e. The number of ether oxygens (including phenoxy) is 1. The largest absolute Gasteiger partial charge is 0.492 e. The first-order valence-electron chi connectivity index (χ1n) is 7.35. The van der Waals surface area contributed by atoms with E-state index in [0.717, 1.165) is 17.1 Å². The summed E-state index contributed by atoms with van der Waals surface area (Å²) in [6.07, 6.45) is 0.631. The number of hydrogen-bond acceptors (Lipinski definition) is 4. The van der Waals surface area contributed by atoms with Crippen LogP contribution in [0.4, 0.5) is 0 Å². The van der Waals surface area contributed by atoms with Crippen molar-refractivity contribution in [2.45, 2.75) is 19.9 Å². The molecule has 6 nitrogen and oxygen atoms in total. The Kier molecular flexibility index (Phi) is 4.68. The maximum absolute atomic E-state index is 12.3. The number of rotatable bonds is 4. The van der Waals surface area contributed by atoms with Crippen LogP contribution in [0.25, 0.3) is 0 Å². The van der Waals surface area contributed by atoms with E-state index < -0.39 is 0 Å². The molecule has 0 aliphatic carbocycles. The highest BCUT2D eigenvalue weighted by Gasteiger charge is 2.25. The number of H-pyrrole nitrogens is 1. The number of benzene rings is 1. The third-order valence-corrected chi connectivity index (χ3v) is 4.43. The molecule has 2 heterocycles. The summed E-state index contributed by atoms with van der Waals surface area (Å²) in [4.78, 5) is 12.3. The van der Waals surface area contributed by atoms with Gasteiger partial charge in [0.25, 0.3) is 0 Å². The summed E-state index contributed by atoms with van der Waals surface area (Å²) in [5.41, 5.74) is 0.969. The van der Waals surface area contributed by atoms with Crippen molar-refractivity contribution in [2.24, 2.45) is 5.92 Å². The average molecular weight is 353 g/mol. The molecular formula is C15H17ClN4O2S. The molecule has 0 unspecified atom stereocenters. The van der Waals surface area contributed by atoms with Crippen LogP contribution in [0.15, 0.2) is 18.2 Å². The number of aromatic amines is 1. The van der Waals surface area contributed by atoms with E-state index in [1.807, 2.05) is 23.6 Å². The monoisotopic (exact) mass is 352 g/mol. The summed E-state index contributed by atoms with van der Waals surface area (Å²) < 4.78 is 8.05. The fraction of sp³-hybridized carbons (Fsp3) is 0.400. The van der Waals surface area contributed by atoms with Crippen LogP contribution < -0.4 is 10.1 Å². The molecular weight excluding hydrogens is 336 g/mol. The summed E-state index contributed by atoms with van der Waals surface area (Å²) >= 11 is 11.1. The second-order valence-corrected chi connectivity index (χ2v) is 6.31. The SMILES string of the molecule is Cc1n[nH]c(=S)n1CCNC(=O)[C@H]1COc2ccc(Cl)cc2C1. The molecule has 0 saturated heterocycles. The quantitative estimate of drug-likeness (QED) is 0.828. The van der Waals surface area contributed by atoms with Crippen LogP contribution in [0.3, 0.4) is 0 Å². The number of hydrogen-bond donors (Lipinski definition) is 2. The normalized spacial score (nSPS) is 16.5. The van der Waals surface area contributed by atoms with Crippen LogP contribution in [0, 0.1) is 17.6 Å². The average Bonchev–Trinajstić information content (AvgIpc) is 2.85. The van der Waals surface area contributed by atoms with Crippen LogP contribution in [0.1, 0.15) is 11.4 Å². The van der Waals surface area contributed by atoms with Crippen molar-refractivity contribution in [3.05, 3.63) is 39.4 Å². The van der Waals surface area contributed by atoms with E-state index in [0.29, 0.717) is 35.9 Å². The summed E-state index contributed by atoms with van der Waals surface area (Å²) in [5.74, 6) is 1.37. The zero-order valence-corrected chi connectivity index (χ0v) is 14.2. The first-order chi connectivity index (χ1) is 11.0. The molecule has 1 amide bonds. The molecule has 2 aromatic rings. The summed E-state index contributed by atoms with van der Waals surface area (Å²) in [6, 6.07) is 5.48. The van der Waals surface area contributed by atoms with Gasteiger partial charge in [0.1, 0.15) is 18.2 Å². The van der Waals surface area contributed by atoms with Gasteiger partial charge >= 0.3 is 0 Å². The number of nitrogens with zero attached hydrogens (tertiary/aromatic N) is 2. The molecule has 122 valence electrons. The molecule has 0 fully saturated rings. The van der Waals surface area contributed by atoms with E-state index in [4.69, 9.17) is 28.6 Å². The van der Waals surface area contributed by atoms with E-state index in [9.17, 15) is 4.79 Å². The van der Waals surface area contributed by atoms with Gasteiger partial charge in [-0.15, -0.1) is 0 Å². The lowest BCUT2D eigenvalue weighted by atomic mass is 9.96. The second-order valence-electron chi connectivity index (χ2n) is 5.48. The van der Waals surface area contributed by atoms with Gasteiger partial charge in [0.2, 0.25) is 5.91 Å². The number of fused-ring (bicyclic) bond motifs is 1. The van der Waals surface area contributed by atoms with Crippen LogP contribution >= 0.6 is 23.8 Å². The molecule has 1 atom stereocenters. The van der Waals surface area contributed by atoms with E-state index in [2.05, 4.69) is 15.5 Å². The van der Waals surface area contributed by atoms with Crippen LogP contribution in [-0.4, -0.2) is 33.8 Å². The third kappa shape index (κ3) is 3.56. The van der Waals surface area contributed by atoms with Crippen molar-refractivity contribution in [3.63, 3.8) is 0 Å². The standard InChI is InChI=1S/C15H17ClN4O2S/c1-9-18-19-15(23)20(9)5-4-17-14(21)11-6-10-7-12(16)2-3-13(10)22-8-11/h2-3,7,11H,4-6,8H2,1H3,(H,17,21)(H,19,23)/t11-/m1/s1. The zero-order valence-electron chi connectivity index (χ0n) is 12.6. The van der Waals surface area contributed by atoms with E-state index in [1.165, 1.54) is 0 Å². The fourth-order valence-corrected chi connectivity index (χ4v) is 3.09. The van der Waals surface area contributed by atoms with Gasteiger partial charge < -0.3 is 14.6 Å². The molecule has 2 N–H and O–H groups in total. The first-order valence-corrected chi connectivity index (χ1v) is 8.14. The minimum Gasteiger partial charge on any atom is -0.492 e. The van der Waals surface area contributed by atoms with Crippen LogP contribution in [-0.2, 0) is 17.8 Å². The van der Waals surface area contributed by atoms with Crippen LogP contribution in [0.5, 0.6) is 5.75 Å². The maximum atomic E-state index is 12.3. The van der Waals surface area contributed by atoms with Gasteiger partial charge in [-0.2, -0.15) is 5.10 Å². The molecule has 1 aromatic heterocycles. The smallest absolute Gasteiger partial charge is 0.226 e. The van der Waals surface area contributed by atoms with Crippen molar-refractivity contribution < 1.29 is 9.53 Å². The van der Waals surface area contributed by atoms with Crippen LogP contribution in [0.2, 0.25) is 5.02 Å². The zero-order chi connectivity index (χ0) is 16.4. The lowest BCUT2D eigenvalue weighted by Gasteiger charge is -2.24. The molecule has 1 aliphatic heterocycles. The van der Waals surface area contributed by atoms with E-state index in [1.54, 1.807) is 6.07 Å². The molecule has 23 heavy (non-hydrogen) atoms. The Morgan fingerprint density at radius 3 is 3.17 bits per heavy atom. The number of carbonyl (C=O) groups excluding carboxylic acids is 1. The number of aromatic nitrogens is 3. The molecule has 1 aliphatic rings. The number of nitrogens with one attached hydrogen (secondary N) is 2. The predicted molar refractivity (Wildman–Crippen MR) is 89.3 cm³/mol. The van der Waals surface area contributed by atoms with Gasteiger partial charge in [-0.25, -0.2) is 0 Å². The first kappa shape index (κ1) is 16.0. The Bertz CT molecular complexity index is 786. The topological polar surface area (TPSA) is 71.9 Å². The number of halogens is 1. The van der Waals surface area contributed by atoms with Crippen molar-refractivity contribution in [1.82, 2.24) is 20.1 Å². The molecule has 0 spiro atoms. The Hall–Kier alpha value is -1.86. The van der Waals surface area contributed by atoms with Gasteiger partial charge in [0.15, 0.2) is 4.77 Å². The lowest BCUT2D eigenvalue weighted by molar-refractivity contribution is -0.126. The van der Waals surface area contributed by atoms with Gasteiger partial charge in [-0.1, -0.05) is 11.6 Å². The van der Waals surface area contributed by atoms with Crippen molar-refractivity contribution >= 4 is 29.7 Å².